The van der Waals surface area contributed by atoms with E-state index in [2.05, 4.69) is 50.2 Å². The molecule has 0 amide bonds. The van der Waals surface area contributed by atoms with Gasteiger partial charge in [-0.2, -0.15) is 0 Å². The monoisotopic (exact) mass is 242 g/mol. The Morgan fingerprint density at radius 2 is 2.06 bits per heavy atom. The fraction of sp³-hybridized carbons (Fsp3) is 0.357. The number of nitrogens with zero attached hydrogens (tertiary/aromatic N) is 3. The Morgan fingerprint density at radius 3 is 2.94 bits per heavy atom. The zero-order chi connectivity index (χ0) is 12.2. The molecule has 18 heavy (non-hydrogen) atoms. The van der Waals surface area contributed by atoms with Crippen molar-refractivity contribution in [2.24, 2.45) is 0 Å². The molecule has 3 rings (SSSR count). The number of anilines is 1. The number of rotatable bonds is 4. The van der Waals surface area contributed by atoms with Gasteiger partial charge in [0.05, 0.1) is 6.54 Å². The van der Waals surface area contributed by atoms with Gasteiger partial charge >= 0.3 is 0 Å². The lowest BCUT2D eigenvalue weighted by atomic mass is 10.3. The first kappa shape index (κ1) is 11.3. The summed E-state index contributed by atoms with van der Waals surface area (Å²) in [5, 5.41) is 3.44. The predicted octanol–water partition coefficient (Wildman–Crippen LogP) is 1.81. The van der Waals surface area contributed by atoms with Crippen LogP contribution in [-0.4, -0.2) is 34.1 Å². The molecule has 0 unspecified atom stereocenters. The van der Waals surface area contributed by atoms with Crippen LogP contribution in [0.25, 0.3) is 0 Å². The second kappa shape index (κ2) is 5.23. The molecular weight excluding hydrogens is 224 g/mol. The van der Waals surface area contributed by atoms with Gasteiger partial charge in [0.1, 0.15) is 5.82 Å². The number of benzene rings is 1. The van der Waals surface area contributed by atoms with E-state index < -0.39 is 0 Å². The molecule has 0 fully saturated rings. The second-order valence-corrected chi connectivity index (χ2v) is 4.61. The highest BCUT2D eigenvalue weighted by Gasteiger charge is 2.15. The van der Waals surface area contributed by atoms with Gasteiger partial charge in [0.2, 0.25) is 0 Å². The largest absolute Gasteiger partial charge is 0.384 e. The van der Waals surface area contributed by atoms with E-state index in [0.29, 0.717) is 0 Å². The first-order chi connectivity index (χ1) is 8.92. The summed E-state index contributed by atoms with van der Waals surface area (Å²) in [6, 6.07) is 10.3. The number of para-hydroxylation sites is 1. The number of hydrogen-bond donors (Lipinski definition) is 1. The molecule has 0 aliphatic carbocycles. The van der Waals surface area contributed by atoms with Crippen LogP contribution < -0.4 is 5.32 Å². The third kappa shape index (κ3) is 2.54. The molecule has 94 valence electrons. The minimum Gasteiger partial charge on any atom is -0.384 e. The summed E-state index contributed by atoms with van der Waals surface area (Å²) < 4.78 is 2.24. The van der Waals surface area contributed by atoms with E-state index in [9.17, 15) is 0 Å². The number of nitrogens with one attached hydrogen (secondary N) is 1. The molecular formula is C14H18N4. The van der Waals surface area contributed by atoms with Gasteiger partial charge in [0.25, 0.3) is 0 Å². The minimum atomic E-state index is 0.962. The number of fused-ring (bicyclic) bond motifs is 1. The van der Waals surface area contributed by atoms with Crippen molar-refractivity contribution in [1.29, 1.82) is 0 Å². The molecule has 1 aliphatic rings. The van der Waals surface area contributed by atoms with Gasteiger partial charge in [0, 0.05) is 44.3 Å². The zero-order valence-corrected chi connectivity index (χ0v) is 10.4. The minimum absolute atomic E-state index is 0.962. The van der Waals surface area contributed by atoms with Crippen molar-refractivity contribution in [1.82, 2.24) is 14.5 Å². The van der Waals surface area contributed by atoms with Crippen LogP contribution in [0.3, 0.4) is 0 Å². The maximum absolute atomic E-state index is 4.37. The van der Waals surface area contributed by atoms with Crippen LogP contribution >= 0.6 is 0 Å². The van der Waals surface area contributed by atoms with Crippen LogP contribution in [0, 0.1) is 0 Å². The number of imidazole rings is 1. The average molecular weight is 242 g/mol. The molecule has 2 heterocycles. The summed E-state index contributed by atoms with van der Waals surface area (Å²) in [6.07, 6.45) is 3.95. The van der Waals surface area contributed by atoms with Crippen molar-refractivity contribution in [2.75, 3.05) is 25.0 Å². The molecule has 0 spiro atoms. The van der Waals surface area contributed by atoms with E-state index in [4.69, 9.17) is 0 Å². The Morgan fingerprint density at radius 1 is 1.17 bits per heavy atom. The van der Waals surface area contributed by atoms with Gasteiger partial charge in [-0.05, 0) is 12.1 Å². The average Bonchev–Trinajstić information content (AvgIpc) is 2.87. The van der Waals surface area contributed by atoms with Crippen LogP contribution in [0.5, 0.6) is 0 Å². The number of hydrogen-bond acceptors (Lipinski definition) is 3. The van der Waals surface area contributed by atoms with E-state index in [-0.39, 0.29) is 0 Å². The summed E-state index contributed by atoms with van der Waals surface area (Å²) in [6.45, 7) is 5.16. The van der Waals surface area contributed by atoms with Crippen molar-refractivity contribution in [3.05, 3.63) is 48.5 Å². The van der Waals surface area contributed by atoms with E-state index in [1.807, 2.05) is 12.3 Å². The maximum Gasteiger partial charge on any atom is 0.122 e. The van der Waals surface area contributed by atoms with Crippen LogP contribution in [0.4, 0.5) is 5.69 Å². The quantitative estimate of drug-likeness (QED) is 0.887. The zero-order valence-electron chi connectivity index (χ0n) is 10.4. The SMILES string of the molecule is c1ccc(NCCN2CCn3ccnc3C2)cc1. The number of aromatic nitrogens is 2. The van der Waals surface area contributed by atoms with E-state index in [1.165, 1.54) is 11.5 Å². The standard InChI is InChI=1S/C14H18N4/c1-2-4-13(5-3-1)15-6-8-17-10-11-18-9-7-16-14(18)12-17/h1-5,7,9,15H,6,8,10-12H2. The van der Waals surface area contributed by atoms with Crippen LogP contribution in [0.2, 0.25) is 0 Å². The van der Waals surface area contributed by atoms with Gasteiger partial charge in [-0.1, -0.05) is 18.2 Å². The maximum atomic E-state index is 4.37. The highest BCUT2D eigenvalue weighted by atomic mass is 15.2. The van der Waals surface area contributed by atoms with Gasteiger partial charge < -0.3 is 9.88 Å². The predicted molar refractivity (Wildman–Crippen MR) is 72.4 cm³/mol. The van der Waals surface area contributed by atoms with E-state index in [1.54, 1.807) is 0 Å². The Balaban J connectivity index is 1.48. The summed E-state index contributed by atoms with van der Waals surface area (Å²) in [4.78, 5) is 6.82. The lowest BCUT2D eigenvalue weighted by Gasteiger charge is -2.27. The topological polar surface area (TPSA) is 33.1 Å². The molecule has 0 saturated heterocycles. The second-order valence-electron chi connectivity index (χ2n) is 4.61. The van der Waals surface area contributed by atoms with E-state index >= 15 is 0 Å². The molecule has 2 aromatic rings. The van der Waals surface area contributed by atoms with Gasteiger partial charge in [-0.15, -0.1) is 0 Å². The van der Waals surface area contributed by atoms with Crippen molar-refractivity contribution < 1.29 is 0 Å². The Kier molecular flexibility index (Phi) is 3.28. The van der Waals surface area contributed by atoms with Gasteiger partial charge in [-0.25, -0.2) is 4.98 Å². The first-order valence-corrected chi connectivity index (χ1v) is 6.43. The first-order valence-electron chi connectivity index (χ1n) is 6.43. The molecule has 4 nitrogen and oxygen atoms in total. The molecule has 0 radical (unpaired) electrons. The molecule has 4 heteroatoms. The summed E-state index contributed by atoms with van der Waals surface area (Å²) in [7, 11) is 0. The normalized spacial score (nSPS) is 15.3. The molecule has 1 aliphatic heterocycles. The van der Waals surface area contributed by atoms with Gasteiger partial charge in [0.15, 0.2) is 0 Å². The molecule has 0 bridgehead atoms. The molecule has 1 N–H and O–H groups in total. The van der Waals surface area contributed by atoms with Crippen LogP contribution in [0.15, 0.2) is 42.7 Å². The third-order valence-electron chi connectivity index (χ3n) is 3.35. The van der Waals surface area contributed by atoms with Crippen molar-refractivity contribution in [2.45, 2.75) is 13.1 Å². The van der Waals surface area contributed by atoms with Crippen molar-refractivity contribution in [3.63, 3.8) is 0 Å². The smallest absolute Gasteiger partial charge is 0.122 e. The Hall–Kier alpha value is -1.81. The fourth-order valence-electron chi connectivity index (χ4n) is 2.33. The van der Waals surface area contributed by atoms with E-state index in [0.717, 1.165) is 32.7 Å². The van der Waals surface area contributed by atoms with Crippen LogP contribution in [-0.2, 0) is 13.1 Å². The highest BCUT2D eigenvalue weighted by Crippen LogP contribution is 2.10. The Bertz CT molecular complexity index is 492. The highest BCUT2D eigenvalue weighted by molar-refractivity contribution is 5.42. The van der Waals surface area contributed by atoms with Crippen molar-refractivity contribution in [3.8, 4) is 0 Å². The third-order valence-corrected chi connectivity index (χ3v) is 3.35. The van der Waals surface area contributed by atoms with Crippen LogP contribution in [0.1, 0.15) is 5.82 Å². The van der Waals surface area contributed by atoms with Gasteiger partial charge in [-0.3, -0.25) is 4.90 Å². The molecule has 0 saturated carbocycles. The lowest BCUT2D eigenvalue weighted by Crippen LogP contribution is -2.36. The summed E-state index contributed by atoms with van der Waals surface area (Å²) >= 11 is 0. The molecule has 1 aromatic carbocycles. The lowest BCUT2D eigenvalue weighted by molar-refractivity contribution is 0.225. The summed E-state index contributed by atoms with van der Waals surface area (Å²) in [5.74, 6) is 1.18. The Labute approximate surface area is 107 Å². The fourth-order valence-corrected chi connectivity index (χ4v) is 2.33. The molecule has 1 aromatic heterocycles. The molecule has 0 atom stereocenters. The van der Waals surface area contributed by atoms with Crippen molar-refractivity contribution >= 4 is 5.69 Å². The summed E-state index contributed by atoms with van der Waals surface area (Å²) in [5.41, 5.74) is 1.19.